The van der Waals surface area contributed by atoms with E-state index < -0.39 is 27.5 Å². The lowest BCUT2D eigenvalue weighted by molar-refractivity contribution is -0.385. The van der Waals surface area contributed by atoms with Crippen molar-refractivity contribution in [3.05, 3.63) is 57.6 Å². The molecule has 1 fully saturated rings. The van der Waals surface area contributed by atoms with Gasteiger partial charge in [0.05, 0.1) is 23.2 Å². The predicted molar refractivity (Wildman–Crippen MR) is 108 cm³/mol. The number of anilines is 1. The fourth-order valence-corrected chi connectivity index (χ4v) is 4.68. The number of nitro groups is 1. The number of nitrogens with zero attached hydrogens (tertiary/aromatic N) is 2. The van der Waals surface area contributed by atoms with E-state index in [1.54, 1.807) is 6.07 Å². The van der Waals surface area contributed by atoms with Crippen molar-refractivity contribution >= 4 is 38.9 Å². The minimum atomic E-state index is -3.86. The number of para-hydroxylation sites is 2. The quantitative estimate of drug-likeness (QED) is 0.501. The zero-order valence-corrected chi connectivity index (χ0v) is 17.2. The van der Waals surface area contributed by atoms with Crippen LogP contribution in [0.15, 0.2) is 47.4 Å². The smallest absolute Gasteiger partial charge is 0.310 e. The van der Waals surface area contributed by atoms with Crippen molar-refractivity contribution in [1.82, 2.24) is 4.31 Å². The molecular formula is C18H18ClN3O7S. The van der Waals surface area contributed by atoms with Gasteiger partial charge in [0, 0.05) is 24.8 Å². The van der Waals surface area contributed by atoms with Crippen LogP contribution in [0.3, 0.4) is 0 Å². The zero-order valence-electron chi connectivity index (χ0n) is 15.6. The van der Waals surface area contributed by atoms with Gasteiger partial charge in [0.25, 0.3) is 5.91 Å². The number of carbonyl (C=O) groups excluding carboxylic acids is 1. The van der Waals surface area contributed by atoms with E-state index in [1.807, 2.05) is 0 Å². The molecule has 0 spiro atoms. The van der Waals surface area contributed by atoms with Crippen molar-refractivity contribution in [1.29, 1.82) is 0 Å². The molecule has 2 aromatic carbocycles. The second-order valence-corrected chi connectivity index (χ2v) is 8.54. The highest BCUT2D eigenvalue weighted by molar-refractivity contribution is 7.89. The van der Waals surface area contributed by atoms with Gasteiger partial charge in [-0.15, -0.1) is 0 Å². The molecule has 1 aliphatic heterocycles. The summed E-state index contributed by atoms with van der Waals surface area (Å²) in [5.41, 5.74) is -0.0712. The van der Waals surface area contributed by atoms with Gasteiger partial charge in [-0.1, -0.05) is 23.7 Å². The van der Waals surface area contributed by atoms with Crippen LogP contribution in [-0.4, -0.2) is 56.5 Å². The fraction of sp³-hybridized carbons (Fsp3) is 0.278. The molecule has 10 nitrogen and oxygen atoms in total. The van der Waals surface area contributed by atoms with Crippen molar-refractivity contribution in [3.8, 4) is 5.75 Å². The first-order valence-electron chi connectivity index (χ1n) is 8.82. The molecule has 0 bridgehead atoms. The molecule has 0 aromatic heterocycles. The van der Waals surface area contributed by atoms with Crippen LogP contribution in [0, 0.1) is 10.1 Å². The number of hydrogen-bond donors (Lipinski definition) is 1. The van der Waals surface area contributed by atoms with Gasteiger partial charge in [-0.3, -0.25) is 14.9 Å². The lowest BCUT2D eigenvalue weighted by Crippen LogP contribution is -2.40. The maximum absolute atomic E-state index is 12.8. The number of nitro benzene ring substituents is 1. The number of sulfonamides is 1. The van der Waals surface area contributed by atoms with Gasteiger partial charge < -0.3 is 14.8 Å². The molecule has 0 saturated carbocycles. The van der Waals surface area contributed by atoms with Gasteiger partial charge in [-0.2, -0.15) is 4.31 Å². The molecule has 2 aromatic rings. The number of hydrogen-bond acceptors (Lipinski definition) is 7. The van der Waals surface area contributed by atoms with Crippen LogP contribution in [-0.2, 0) is 19.6 Å². The summed E-state index contributed by atoms with van der Waals surface area (Å²) < 4.78 is 37.4. The molecule has 3 rings (SSSR count). The number of morpholine rings is 1. The summed E-state index contributed by atoms with van der Waals surface area (Å²) in [4.78, 5) is 22.4. The Labute approximate surface area is 177 Å². The molecule has 160 valence electrons. The highest BCUT2D eigenvalue weighted by Crippen LogP contribution is 2.29. The highest BCUT2D eigenvalue weighted by Gasteiger charge is 2.28. The van der Waals surface area contributed by atoms with Gasteiger partial charge in [0.15, 0.2) is 12.4 Å². The Kier molecular flexibility index (Phi) is 6.87. The largest absolute Gasteiger partial charge is 0.477 e. The molecule has 1 amide bonds. The number of nitrogens with one attached hydrogen (secondary N) is 1. The summed E-state index contributed by atoms with van der Waals surface area (Å²) in [6, 6.07) is 9.74. The van der Waals surface area contributed by atoms with E-state index in [1.165, 1.54) is 40.7 Å². The van der Waals surface area contributed by atoms with E-state index in [0.29, 0.717) is 0 Å². The van der Waals surface area contributed by atoms with Gasteiger partial charge in [-0.05, 0) is 24.3 Å². The maximum atomic E-state index is 12.8. The number of carbonyl (C=O) groups is 1. The first kappa shape index (κ1) is 22.0. The second kappa shape index (κ2) is 9.39. The second-order valence-electron chi connectivity index (χ2n) is 6.22. The molecule has 0 atom stereocenters. The number of rotatable bonds is 7. The lowest BCUT2D eigenvalue weighted by atomic mass is 10.3. The average Bonchev–Trinajstić information content (AvgIpc) is 2.74. The number of amides is 1. The first-order chi connectivity index (χ1) is 14.3. The fourth-order valence-electron chi connectivity index (χ4n) is 2.78. The van der Waals surface area contributed by atoms with Gasteiger partial charge in [0.1, 0.15) is 4.90 Å². The van der Waals surface area contributed by atoms with E-state index in [0.717, 1.165) is 0 Å². The van der Waals surface area contributed by atoms with E-state index in [2.05, 4.69) is 5.32 Å². The van der Waals surface area contributed by atoms with Crippen LogP contribution in [0.4, 0.5) is 11.4 Å². The molecule has 1 saturated heterocycles. The Morgan fingerprint density at radius 1 is 1.23 bits per heavy atom. The predicted octanol–water partition coefficient (Wildman–Crippen LogP) is 2.29. The van der Waals surface area contributed by atoms with E-state index in [9.17, 15) is 23.3 Å². The standard InChI is InChI=1S/C18H18ClN3O7S/c19-14-6-5-13(11-17(14)30(26,27)21-7-9-28-10-8-21)20-18(23)12-29-16-4-2-1-3-15(16)22(24)25/h1-6,11H,7-10,12H2,(H,20,23). The summed E-state index contributed by atoms with van der Waals surface area (Å²) in [6.45, 7) is 0.489. The summed E-state index contributed by atoms with van der Waals surface area (Å²) in [5.74, 6) is -0.672. The SMILES string of the molecule is O=C(COc1ccccc1[N+](=O)[O-])Nc1ccc(Cl)c(S(=O)(=O)N2CCOCC2)c1. The molecule has 12 heteroatoms. The zero-order chi connectivity index (χ0) is 21.7. The summed E-state index contributed by atoms with van der Waals surface area (Å²) in [5, 5.41) is 13.5. The van der Waals surface area contributed by atoms with Crippen LogP contribution >= 0.6 is 11.6 Å². The third-order valence-electron chi connectivity index (χ3n) is 4.22. The molecule has 1 heterocycles. The Morgan fingerprint density at radius 3 is 2.63 bits per heavy atom. The summed E-state index contributed by atoms with van der Waals surface area (Å²) in [6.07, 6.45) is 0. The molecule has 0 radical (unpaired) electrons. The van der Waals surface area contributed by atoms with Crippen LogP contribution in [0.25, 0.3) is 0 Å². The number of halogens is 1. The summed E-state index contributed by atoms with van der Waals surface area (Å²) in [7, 11) is -3.86. The van der Waals surface area contributed by atoms with Crippen molar-refractivity contribution < 1.29 is 27.6 Å². The van der Waals surface area contributed by atoms with Crippen molar-refractivity contribution in [2.45, 2.75) is 4.90 Å². The third-order valence-corrected chi connectivity index (χ3v) is 6.60. The average molecular weight is 456 g/mol. The minimum Gasteiger partial charge on any atom is -0.477 e. The van der Waals surface area contributed by atoms with Crippen LogP contribution in [0.5, 0.6) is 5.75 Å². The molecule has 30 heavy (non-hydrogen) atoms. The minimum absolute atomic E-state index is 0.0238. The van der Waals surface area contributed by atoms with Crippen LogP contribution in [0.1, 0.15) is 0 Å². The lowest BCUT2D eigenvalue weighted by Gasteiger charge is -2.26. The van der Waals surface area contributed by atoms with Gasteiger partial charge in [0.2, 0.25) is 10.0 Å². The Bertz CT molecular complexity index is 1060. The third kappa shape index (κ3) is 5.05. The van der Waals surface area contributed by atoms with Crippen molar-refractivity contribution in [3.63, 3.8) is 0 Å². The molecule has 1 N–H and O–H groups in total. The number of ether oxygens (including phenoxy) is 2. The highest BCUT2D eigenvalue weighted by atomic mass is 35.5. The maximum Gasteiger partial charge on any atom is 0.310 e. The number of benzene rings is 2. The Balaban J connectivity index is 1.71. The molecular weight excluding hydrogens is 438 g/mol. The van der Waals surface area contributed by atoms with Gasteiger partial charge in [-0.25, -0.2) is 8.42 Å². The Hall–Kier alpha value is -2.73. The van der Waals surface area contributed by atoms with Crippen LogP contribution < -0.4 is 10.1 Å². The Morgan fingerprint density at radius 2 is 1.93 bits per heavy atom. The molecule has 0 aliphatic carbocycles. The van der Waals surface area contributed by atoms with E-state index in [-0.39, 0.29) is 53.3 Å². The van der Waals surface area contributed by atoms with E-state index in [4.69, 9.17) is 21.1 Å². The summed E-state index contributed by atoms with van der Waals surface area (Å²) >= 11 is 6.09. The van der Waals surface area contributed by atoms with Gasteiger partial charge >= 0.3 is 5.69 Å². The van der Waals surface area contributed by atoms with Crippen LogP contribution in [0.2, 0.25) is 5.02 Å². The topological polar surface area (TPSA) is 128 Å². The molecule has 0 unspecified atom stereocenters. The van der Waals surface area contributed by atoms with Crippen molar-refractivity contribution in [2.75, 3.05) is 38.2 Å². The van der Waals surface area contributed by atoms with E-state index >= 15 is 0 Å². The normalized spacial score (nSPS) is 14.8. The van der Waals surface area contributed by atoms with Crippen molar-refractivity contribution in [2.24, 2.45) is 0 Å². The molecule has 1 aliphatic rings. The first-order valence-corrected chi connectivity index (χ1v) is 10.6. The monoisotopic (exact) mass is 455 g/mol.